The van der Waals surface area contributed by atoms with Crippen molar-refractivity contribution in [3.63, 3.8) is 0 Å². The van der Waals surface area contributed by atoms with E-state index in [-0.39, 0.29) is 6.42 Å². The molecule has 6 nitrogen and oxygen atoms in total. The number of benzene rings is 1. The number of esters is 2. The van der Waals surface area contributed by atoms with Crippen molar-refractivity contribution in [2.75, 3.05) is 21.3 Å². The zero-order valence-corrected chi connectivity index (χ0v) is 12.2. The molecule has 0 N–H and O–H groups in total. The highest BCUT2D eigenvalue weighted by Crippen LogP contribution is 2.30. The second kappa shape index (κ2) is 8.04. The average molecular weight is 294 g/mol. The standard InChI is InChI=1S/C15H18O6/c1-19-11-6-4-10(5-7-11)12(8-9-16)13(14(17)20-2)15(18)21-3/h4-7,9,12-13H,8H2,1-3H3/t12-/m1/s1. The van der Waals surface area contributed by atoms with E-state index in [9.17, 15) is 14.4 Å². The monoisotopic (exact) mass is 294 g/mol. The molecule has 1 atom stereocenters. The van der Waals surface area contributed by atoms with Crippen molar-refractivity contribution >= 4 is 18.2 Å². The van der Waals surface area contributed by atoms with E-state index < -0.39 is 23.8 Å². The lowest BCUT2D eigenvalue weighted by Gasteiger charge is -2.22. The van der Waals surface area contributed by atoms with Crippen molar-refractivity contribution in [3.8, 4) is 5.75 Å². The quantitative estimate of drug-likeness (QED) is 0.429. The van der Waals surface area contributed by atoms with Crippen LogP contribution in [0.4, 0.5) is 0 Å². The molecule has 0 saturated heterocycles. The maximum Gasteiger partial charge on any atom is 0.320 e. The van der Waals surface area contributed by atoms with Crippen molar-refractivity contribution in [1.82, 2.24) is 0 Å². The summed E-state index contributed by atoms with van der Waals surface area (Å²) in [6, 6.07) is 6.79. The van der Waals surface area contributed by atoms with Crippen LogP contribution in [0.5, 0.6) is 5.75 Å². The van der Waals surface area contributed by atoms with Crippen molar-refractivity contribution in [2.24, 2.45) is 5.92 Å². The Morgan fingerprint density at radius 3 is 1.95 bits per heavy atom. The molecule has 0 aliphatic heterocycles. The van der Waals surface area contributed by atoms with Gasteiger partial charge in [0.1, 0.15) is 12.0 Å². The first kappa shape index (κ1) is 16.7. The molecule has 0 aliphatic rings. The van der Waals surface area contributed by atoms with Gasteiger partial charge in [-0.05, 0) is 17.7 Å². The molecule has 0 saturated carbocycles. The highest BCUT2D eigenvalue weighted by molar-refractivity contribution is 5.96. The number of carbonyl (C=O) groups excluding carboxylic acids is 3. The average Bonchev–Trinajstić information content (AvgIpc) is 2.53. The molecule has 0 spiro atoms. The number of methoxy groups -OCH3 is 3. The Hall–Kier alpha value is -2.37. The van der Waals surface area contributed by atoms with Crippen LogP contribution >= 0.6 is 0 Å². The second-order valence-electron chi connectivity index (χ2n) is 4.31. The van der Waals surface area contributed by atoms with E-state index in [1.807, 2.05) is 0 Å². The number of rotatable bonds is 7. The van der Waals surface area contributed by atoms with E-state index in [0.29, 0.717) is 17.6 Å². The van der Waals surface area contributed by atoms with Crippen molar-refractivity contribution < 1.29 is 28.6 Å². The summed E-state index contributed by atoms with van der Waals surface area (Å²) in [6.07, 6.45) is 0.662. The molecule has 1 aromatic rings. The molecule has 21 heavy (non-hydrogen) atoms. The molecule has 1 rings (SSSR count). The molecular formula is C15H18O6. The maximum absolute atomic E-state index is 11.9. The first-order chi connectivity index (χ1) is 10.1. The lowest BCUT2D eigenvalue weighted by molar-refractivity contribution is -0.160. The SMILES string of the molecule is COC(=O)C(C(=O)OC)[C@H](CC=O)c1ccc(OC)cc1. The molecule has 0 bridgehead atoms. The highest BCUT2D eigenvalue weighted by atomic mass is 16.5. The number of ether oxygens (including phenoxy) is 3. The Kier molecular flexibility index (Phi) is 6.39. The van der Waals surface area contributed by atoms with Crippen molar-refractivity contribution in [2.45, 2.75) is 12.3 Å². The van der Waals surface area contributed by atoms with Gasteiger partial charge in [0.05, 0.1) is 21.3 Å². The number of carbonyl (C=O) groups is 3. The molecule has 6 heteroatoms. The van der Waals surface area contributed by atoms with Crippen LogP contribution < -0.4 is 4.74 Å². The minimum absolute atomic E-state index is 0.00119. The molecule has 0 amide bonds. The zero-order chi connectivity index (χ0) is 15.8. The summed E-state index contributed by atoms with van der Waals surface area (Å²) in [5.41, 5.74) is 0.656. The summed E-state index contributed by atoms with van der Waals surface area (Å²) >= 11 is 0. The molecular weight excluding hydrogens is 276 g/mol. The third-order valence-electron chi connectivity index (χ3n) is 3.21. The molecule has 0 unspecified atom stereocenters. The van der Waals surface area contributed by atoms with Gasteiger partial charge in [0.2, 0.25) is 0 Å². The summed E-state index contributed by atoms with van der Waals surface area (Å²) in [7, 11) is 3.90. The Balaban J connectivity index is 3.18. The summed E-state index contributed by atoms with van der Waals surface area (Å²) in [5, 5.41) is 0. The van der Waals surface area contributed by atoms with Crippen molar-refractivity contribution in [3.05, 3.63) is 29.8 Å². The first-order valence-electron chi connectivity index (χ1n) is 6.32. The predicted molar refractivity (Wildman–Crippen MR) is 73.9 cm³/mol. The summed E-state index contributed by atoms with van der Waals surface area (Å²) in [5.74, 6) is -2.66. The van der Waals surface area contributed by atoms with Gasteiger partial charge >= 0.3 is 11.9 Å². The van der Waals surface area contributed by atoms with Gasteiger partial charge in [0.25, 0.3) is 0 Å². The fourth-order valence-electron chi connectivity index (χ4n) is 2.10. The van der Waals surface area contributed by atoms with Gasteiger partial charge in [-0.15, -0.1) is 0 Å². The molecule has 0 aliphatic carbocycles. The van der Waals surface area contributed by atoms with E-state index in [1.165, 1.54) is 21.3 Å². The third-order valence-corrected chi connectivity index (χ3v) is 3.21. The fraction of sp³-hybridized carbons (Fsp3) is 0.400. The molecule has 0 heterocycles. The van der Waals surface area contributed by atoms with Crippen LogP contribution in [0.25, 0.3) is 0 Å². The van der Waals surface area contributed by atoms with Gasteiger partial charge < -0.3 is 19.0 Å². The molecule has 0 fully saturated rings. The Morgan fingerprint density at radius 2 is 1.57 bits per heavy atom. The maximum atomic E-state index is 11.9. The van der Waals surface area contributed by atoms with Gasteiger partial charge in [0, 0.05) is 12.3 Å². The lowest BCUT2D eigenvalue weighted by Crippen LogP contribution is -2.32. The zero-order valence-electron chi connectivity index (χ0n) is 12.2. The smallest absolute Gasteiger partial charge is 0.320 e. The normalized spacial score (nSPS) is 11.6. The van der Waals surface area contributed by atoms with Gasteiger partial charge in [-0.2, -0.15) is 0 Å². The highest BCUT2D eigenvalue weighted by Gasteiger charge is 2.37. The van der Waals surface area contributed by atoms with E-state index in [0.717, 1.165) is 0 Å². The summed E-state index contributed by atoms with van der Waals surface area (Å²) in [6.45, 7) is 0. The molecule has 0 radical (unpaired) electrons. The molecule has 0 aromatic heterocycles. The Morgan fingerprint density at radius 1 is 1.05 bits per heavy atom. The van der Waals surface area contributed by atoms with Crippen LogP contribution in [0.1, 0.15) is 17.9 Å². The van der Waals surface area contributed by atoms with E-state index in [4.69, 9.17) is 4.74 Å². The van der Waals surface area contributed by atoms with E-state index in [1.54, 1.807) is 24.3 Å². The third kappa shape index (κ3) is 4.05. The largest absolute Gasteiger partial charge is 0.497 e. The minimum Gasteiger partial charge on any atom is -0.497 e. The van der Waals surface area contributed by atoms with Crippen LogP contribution in [-0.2, 0) is 23.9 Å². The molecule has 1 aromatic carbocycles. The predicted octanol–water partition coefficient (Wildman–Crippen LogP) is 1.33. The van der Waals surface area contributed by atoms with Crippen LogP contribution in [-0.4, -0.2) is 39.6 Å². The number of aldehydes is 1. The van der Waals surface area contributed by atoms with Crippen LogP contribution in [0.15, 0.2) is 24.3 Å². The van der Waals surface area contributed by atoms with E-state index in [2.05, 4.69) is 9.47 Å². The number of hydrogen-bond acceptors (Lipinski definition) is 6. The van der Waals surface area contributed by atoms with Crippen LogP contribution in [0.3, 0.4) is 0 Å². The number of hydrogen-bond donors (Lipinski definition) is 0. The minimum atomic E-state index is -1.18. The molecule has 114 valence electrons. The Bertz CT molecular complexity index is 477. The van der Waals surface area contributed by atoms with Gasteiger partial charge in [0.15, 0.2) is 5.92 Å². The summed E-state index contributed by atoms with van der Waals surface area (Å²) < 4.78 is 14.4. The Labute approximate surface area is 123 Å². The second-order valence-corrected chi connectivity index (χ2v) is 4.31. The summed E-state index contributed by atoms with van der Waals surface area (Å²) in [4.78, 5) is 34.6. The lowest BCUT2D eigenvalue weighted by atomic mass is 9.83. The fourth-order valence-corrected chi connectivity index (χ4v) is 2.10. The van der Waals surface area contributed by atoms with E-state index >= 15 is 0 Å². The van der Waals surface area contributed by atoms with Crippen molar-refractivity contribution in [1.29, 1.82) is 0 Å². The topological polar surface area (TPSA) is 78.9 Å². The van der Waals surface area contributed by atoms with Gasteiger partial charge in [-0.25, -0.2) is 0 Å². The van der Waals surface area contributed by atoms with Gasteiger partial charge in [-0.3, -0.25) is 9.59 Å². The van der Waals surface area contributed by atoms with Crippen LogP contribution in [0.2, 0.25) is 0 Å². The first-order valence-corrected chi connectivity index (χ1v) is 6.32. The van der Waals surface area contributed by atoms with Gasteiger partial charge in [-0.1, -0.05) is 12.1 Å². The van der Waals surface area contributed by atoms with Crippen LogP contribution in [0, 0.1) is 5.92 Å².